The summed E-state index contributed by atoms with van der Waals surface area (Å²) in [5.41, 5.74) is -3.72. The quantitative estimate of drug-likeness (QED) is 0.905. The Kier molecular flexibility index (Phi) is 3.77. The van der Waals surface area contributed by atoms with Crippen molar-refractivity contribution >= 4 is 0 Å². The van der Waals surface area contributed by atoms with Crippen LogP contribution in [-0.4, -0.2) is 15.7 Å². The second kappa shape index (κ2) is 5.08. The highest BCUT2D eigenvalue weighted by Gasteiger charge is 2.37. The van der Waals surface area contributed by atoms with Crippen LogP contribution < -0.4 is 11.2 Å². The summed E-state index contributed by atoms with van der Waals surface area (Å²) in [7, 11) is 0. The van der Waals surface area contributed by atoms with Crippen LogP contribution in [0.15, 0.2) is 15.8 Å². The highest BCUT2D eigenvalue weighted by atomic mass is 19.4. The zero-order chi connectivity index (χ0) is 15.1. The molecule has 8 heteroatoms. The first-order valence-electron chi connectivity index (χ1n) is 6.32. The molecule has 112 valence electrons. The third-order valence-electron chi connectivity index (χ3n) is 3.53. The van der Waals surface area contributed by atoms with Crippen LogP contribution in [0.4, 0.5) is 13.2 Å². The Morgan fingerprint density at radius 2 is 2.10 bits per heavy atom. The molecule has 1 aromatic rings. The van der Waals surface area contributed by atoms with E-state index in [-0.39, 0.29) is 12.0 Å². The van der Waals surface area contributed by atoms with E-state index in [0.29, 0.717) is 19.0 Å². The normalized spacial score (nSPS) is 26.9. The molecule has 0 bridgehead atoms. The molecule has 2 rings (SSSR count). The van der Waals surface area contributed by atoms with E-state index in [2.05, 4.69) is 0 Å². The molecular formula is C12H15F3N2O3. The maximum absolute atomic E-state index is 12.7. The van der Waals surface area contributed by atoms with E-state index < -0.39 is 29.2 Å². The summed E-state index contributed by atoms with van der Waals surface area (Å²) in [5.74, 6) is 0.137. The molecule has 0 spiro atoms. The lowest BCUT2D eigenvalue weighted by Gasteiger charge is -2.16. The van der Waals surface area contributed by atoms with Gasteiger partial charge in [-0.25, -0.2) is 4.79 Å². The van der Waals surface area contributed by atoms with Gasteiger partial charge in [-0.2, -0.15) is 13.2 Å². The van der Waals surface area contributed by atoms with E-state index in [1.54, 1.807) is 4.98 Å². The number of H-pyrrole nitrogens is 1. The minimum absolute atomic E-state index is 0.104. The lowest BCUT2D eigenvalue weighted by molar-refractivity contribution is -0.139. The first-order chi connectivity index (χ1) is 9.24. The zero-order valence-corrected chi connectivity index (χ0v) is 11.0. The lowest BCUT2D eigenvalue weighted by atomic mass is 10.0. The van der Waals surface area contributed by atoms with E-state index in [9.17, 15) is 22.8 Å². The Balaban J connectivity index is 2.43. The molecule has 2 heterocycles. The highest BCUT2D eigenvalue weighted by Crippen LogP contribution is 2.34. The van der Waals surface area contributed by atoms with Crippen LogP contribution in [0.1, 0.15) is 38.5 Å². The first kappa shape index (κ1) is 14.8. The summed E-state index contributed by atoms with van der Waals surface area (Å²) in [4.78, 5) is 24.6. The van der Waals surface area contributed by atoms with Crippen molar-refractivity contribution < 1.29 is 17.9 Å². The van der Waals surface area contributed by atoms with Gasteiger partial charge in [-0.1, -0.05) is 13.8 Å². The van der Waals surface area contributed by atoms with Gasteiger partial charge in [0.05, 0.1) is 6.10 Å². The van der Waals surface area contributed by atoms with Gasteiger partial charge in [-0.3, -0.25) is 14.3 Å². The summed E-state index contributed by atoms with van der Waals surface area (Å²) in [6, 6.07) is 0. The summed E-state index contributed by atoms with van der Waals surface area (Å²) in [6.07, 6.45) is -4.01. The minimum Gasteiger partial charge on any atom is -0.354 e. The molecule has 0 aliphatic carbocycles. The molecule has 1 N–H and O–H groups in total. The number of halogens is 3. The summed E-state index contributed by atoms with van der Waals surface area (Å²) >= 11 is 0. The molecule has 1 saturated heterocycles. The van der Waals surface area contributed by atoms with Crippen LogP contribution in [0.5, 0.6) is 0 Å². The molecule has 1 aliphatic rings. The van der Waals surface area contributed by atoms with E-state index in [1.165, 1.54) is 0 Å². The van der Waals surface area contributed by atoms with Crippen molar-refractivity contribution in [1.29, 1.82) is 0 Å². The SMILES string of the molecule is CC[C@H]1O[C@@H](n2cc(C(F)(F)F)c(=O)[nH]c2=O)C[C@H]1C. The molecule has 0 saturated carbocycles. The van der Waals surface area contributed by atoms with Crippen molar-refractivity contribution in [3.05, 3.63) is 32.6 Å². The van der Waals surface area contributed by atoms with Crippen molar-refractivity contribution in [3.63, 3.8) is 0 Å². The van der Waals surface area contributed by atoms with Crippen molar-refractivity contribution in [1.82, 2.24) is 9.55 Å². The van der Waals surface area contributed by atoms with Gasteiger partial charge in [0.25, 0.3) is 5.56 Å². The number of nitrogens with zero attached hydrogens (tertiary/aromatic N) is 1. The number of alkyl halides is 3. The molecule has 0 amide bonds. The smallest absolute Gasteiger partial charge is 0.354 e. The lowest BCUT2D eigenvalue weighted by Crippen LogP contribution is -2.36. The van der Waals surface area contributed by atoms with Crippen molar-refractivity contribution in [2.24, 2.45) is 5.92 Å². The number of aromatic amines is 1. The van der Waals surface area contributed by atoms with Crippen molar-refractivity contribution in [2.45, 2.75) is 45.2 Å². The van der Waals surface area contributed by atoms with Crippen molar-refractivity contribution in [2.75, 3.05) is 0 Å². The molecule has 5 nitrogen and oxygen atoms in total. The number of hydrogen-bond acceptors (Lipinski definition) is 3. The van der Waals surface area contributed by atoms with Crippen LogP contribution in [0, 0.1) is 5.92 Å². The Morgan fingerprint density at radius 3 is 2.60 bits per heavy atom. The second-order valence-corrected chi connectivity index (χ2v) is 4.96. The summed E-state index contributed by atoms with van der Waals surface area (Å²) in [6.45, 7) is 3.82. The second-order valence-electron chi connectivity index (χ2n) is 4.96. The first-order valence-corrected chi connectivity index (χ1v) is 6.32. The van der Waals surface area contributed by atoms with Crippen LogP contribution >= 0.6 is 0 Å². The number of ether oxygens (including phenoxy) is 1. The monoisotopic (exact) mass is 292 g/mol. The maximum atomic E-state index is 12.7. The van der Waals surface area contributed by atoms with Crippen LogP contribution in [-0.2, 0) is 10.9 Å². The number of aromatic nitrogens is 2. The number of nitrogens with one attached hydrogen (secondary N) is 1. The fourth-order valence-electron chi connectivity index (χ4n) is 2.44. The number of hydrogen-bond donors (Lipinski definition) is 1. The van der Waals surface area contributed by atoms with Gasteiger partial charge >= 0.3 is 11.9 Å². The van der Waals surface area contributed by atoms with Crippen LogP contribution in [0.25, 0.3) is 0 Å². The average Bonchev–Trinajstić information content (AvgIpc) is 2.68. The fourth-order valence-corrected chi connectivity index (χ4v) is 2.44. The summed E-state index contributed by atoms with van der Waals surface area (Å²) in [5, 5.41) is 0. The molecule has 20 heavy (non-hydrogen) atoms. The minimum atomic E-state index is -4.81. The Morgan fingerprint density at radius 1 is 1.45 bits per heavy atom. The van der Waals surface area contributed by atoms with Crippen LogP contribution in [0.2, 0.25) is 0 Å². The molecule has 3 atom stereocenters. The van der Waals surface area contributed by atoms with Gasteiger partial charge in [0.15, 0.2) is 0 Å². The standard InChI is InChI=1S/C12H15F3N2O3/c1-3-8-6(2)4-9(20-8)17-5-7(12(13,14)15)10(18)16-11(17)19/h5-6,8-9H,3-4H2,1-2H3,(H,16,18,19)/t6-,8-,9-/m1/s1. The molecule has 1 aliphatic heterocycles. The number of rotatable bonds is 2. The molecular weight excluding hydrogens is 277 g/mol. The zero-order valence-electron chi connectivity index (χ0n) is 11.0. The topological polar surface area (TPSA) is 64.1 Å². The Bertz CT molecular complexity index is 605. The highest BCUT2D eigenvalue weighted by molar-refractivity contribution is 5.09. The third kappa shape index (κ3) is 2.65. The molecule has 1 aromatic heterocycles. The average molecular weight is 292 g/mol. The van der Waals surface area contributed by atoms with E-state index >= 15 is 0 Å². The largest absolute Gasteiger partial charge is 0.423 e. The Hall–Kier alpha value is -1.57. The van der Waals surface area contributed by atoms with Gasteiger partial charge < -0.3 is 4.74 Å². The predicted molar refractivity (Wildman–Crippen MR) is 64.3 cm³/mol. The Labute approximate surface area is 112 Å². The van der Waals surface area contributed by atoms with E-state index in [1.807, 2.05) is 13.8 Å². The van der Waals surface area contributed by atoms with E-state index in [4.69, 9.17) is 4.74 Å². The van der Waals surface area contributed by atoms with Gasteiger partial charge in [0.1, 0.15) is 11.8 Å². The predicted octanol–water partition coefficient (Wildman–Crippen LogP) is 1.89. The molecule has 1 fully saturated rings. The fraction of sp³-hybridized carbons (Fsp3) is 0.667. The van der Waals surface area contributed by atoms with Gasteiger partial charge in [0, 0.05) is 6.20 Å². The van der Waals surface area contributed by atoms with Gasteiger partial charge in [0.2, 0.25) is 0 Å². The van der Waals surface area contributed by atoms with Gasteiger partial charge in [-0.05, 0) is 18.8 Å². The third-order valence-corrected chi connectivity index (χ3v) is 3.53. The van der Waals surface area contributed by atoms with E-state index in [0.717, 1.165) is 4.57 Å². The van der Waals surface area contributed by atoms with Crippen molar-refractivity contribution in [3.8, 4) is 0 Å². The van der Waals surface area contributed by atoms with Gasteiger partial charge in [-0.15, -0.1) is 0 Å². The maximum Gasteiger partial charge on any atom is 0.423 e. The molecule has 0 unspecified atom stereocenters. The summed E-state index contributed by atoms with van der Waals surface area (Å²) < 4.78 is 44.5. The molecule has 0 radical (unpaired) electrons. The molecule has 0 aromatic carbocycles. The van der Waals surface area contributed by atoms with Crippen LogP contribution in [0.3, 0.4) is 0 Å².